The monoisotopic (exact) mass is 319 g/mol. The van der Waals surface area contributed by atoms with Crippen molar-refractivity contribution in [2.45, 2.75) is 13.0 Å². The second-order valence-electron chi connectivity index (χ2n) is 6.69. The zero-order chi connectivity index (χ0) is 16.1. The van der Waals surface area contributed by atoms with Crippen molar-refractivity contribution in [1.29, 1.82) is 0 Å². The Balaban J connectivity index is 1.41. The van der Waals surface area contributed by atoms with Crippen LogP contribution in [0, 0.1) is 6.92 Å². The van der Waals surface area contributed by atoms with Crippen molar-refractivity contribution in [3.63, 3.8) is 0 Å². The molecule has 2 aliphatic heterocycles. The second kappa shape index (κ2) is 8.11. The van der Waals surface area contributed by atoms with Crippen LogP contribution in [0.4, 0.5) is 5.69 Å². The first-order valence-corrected chi connectivity index (χ1v) is 8.73. The van der Waals surface area contributed by atoms with Crippen molar-refractivity contribution in [1.82, 2.24) is 9.80 Å². The van der Waals surface area contributed by atoms with Crippen LogP contribution >= 0.6 is 0 Å². The molecule has 1 unspecified atom stereocenters. The van der Waals surface area contributed by atoms with Crippen LogP contribution in [0.2, 0.25) is 0 Å². The van der Waals surface area contributed by atoms with Gasteiger partial charge in [0.1, 0.15) is 0 Å². The van der Waals surface area contributed by atoms with Crippen molar-refractivity contribution >= 4 is 5.69 Å². The Bertz CT molecular complexity index is 483. The molecule has 1 atom stereocenters. The third-order valence-electron chi connectivity index (χ3n) is 4.78. The predicted molar refractivity (Wildman–Crippen MR) is 93.1 cm³/mol. The molecule has 1 aromatic rings. The van der Waals surface area contributed by atoms with Gasteiger partial charge >= 0.3 is 0 Å². The molecular formula is C18H29N3O2. The molecule has 1 aromatic carbocycles. The smallest absolute Gasteiger partial charge is 0.0793 e. The van der Waals surface area contributed by atoms with Gasteiger partial charge < -0.3 is 14.7 Å². The summed E-state index contributed by atoms with van der Waals surface area (Å²) < 4.78 is 5.35. The van der Waals surface area contributed by atoms with Gasteiger partial charge in [-0.05, 0) is 24.6 Å². The molecule has 2 heterocycles. The standard InChI is InChI=1S/C18H29N3O2/c1-16-3-2-4-17(13-16)21-7-5-19(6-8-21)14-18(22)15-20-9-11-23-12-10-20/h2-4,13,18,22H,5-12,14-15H2,1H3. The largest absolute Gasteiger partial charge is 0.390 e. The number of β-amino-alcohol motifs (C(OH)–C–C–N with tert-alkyl or cyclic N) is 1. The van der Waals surface area contributed by atoms with Gasteiger partial charge in [-0.2, -0.15) is 0 Å². The predicted octanol–water partition coefficient (Wildman–Crippen LogP) is 0.810. The number of benzene rings is 1. The molecule has 2 saturated heterocycles. The fourth-order valence-corrected chi connectivity index (χ4v) is 3.45. The molecule has 5 heteroatoms. The molecule has 2 fully saturated rings. The number of anilines is 1. The highest BCUT2D eigenvalue weighted by Crippen LogP contribution is 2.17. The summed E-state index contributed by atoms with van der Waals surface area (Å²) in [6.07, 6.45) is -0.265. The third kappa shape index (κ3) is 4.91. The number of aryl methyl sites for hydroxylation is 1. The summed E-state index contributed by atoms with van der Waals surface area (Å²) >= 11 is 0. The number of hydrogen-bond donors (Lipinski definition) is 1. The van der Waals surface area contributed by atoms with Gasteiger partial charge in [0.25, 0.3) is 0 Å². The average molecular weight is 319 g/mol. The minimum atomic E-state index is -0.265. The van der Waals surface area contributed by atoms with E-state index < -0.39 is 0 Å². The Labute approximate surface area is 139 Å². The van der Waals surface area contributed by atoms with Gasteiger partial charge in [-0.15, -0.1) is 0 Å². The van der Waals surface area contributed by atoms with Crippen LogP contribution < -0.4 is 4.90 Å². The summed E-state index contributed by atoms with van der Waals surface area (Å²) in [6, 6.07) is 8.71. The number of ether oxygens (including phenoxy) is 1. The minimum absolute atomic E-state index is 0.265. The van der Waals surface area contributed by atoms with E-state index in [1.165, 1.54) is 11.3 Å². The molecule has 2 aliphatic rings. The number of rotatable bonds is 5. The Morgan fingerprint density at radius 2 is 1.65 bits per heavy atom. The van der Waals surface area contributed by atoms with E-state index in [4.69, 9.17) is 4.74 Å². The maximum Gasteiger partial charge on any atom is 0.0793 e. The average Bonchev–Trinajstić information content (AvgIpc) is 2.56. The van der Waals surface area contributed by atoms with Crippen molar-refractivity contribution in [3.05, 3.63) is 29.8 Å². The summed E-state index contributed by atoms with van der Waals surface area (Å²) in [5.74, 6) is 0. The van der Waals surface area contributed by atoms with E-state index in [-0.39, 0.29) is 6.10 Å². The molecule has 5 nitrogen and oxygen atoms in total. The Hall–Kier alpha value is -1.14. The maximum atomic E-state index is 10.3. The normalized spacial score (nSPS) is 22.3. The van der Waals surface area contributed by atoms with E-state index in [2.05, 4.69) is 45.9 Å². The van der Waals surface area contributed by atoms with Crippen LogP contribution in [0.5, 0.6) is 0 Å². The highest BCUT2D eigenvalue weighted by atomic mass is 16.5. The molecule has 0 spiro atoms. The number of aliphatic hydroxyl groups is 1. The van der Waals surface area contributed by atoms with Crippen LogP contribution in [0.25, 0.3) is 0 Å². The van der Waals surface area contributed by atoms with Crippen molar-refractivity contribution < 1.29 is 9.84 Å². The fourth-order valence-electron chi connectivity index (χ4n) is 3.45. The summed E-state index contributed by atoms with van der Waals surface area (Å²) in [5, 5.41) is 10.3. The molecule has 23 heavy (non-hydrogen) atoms. The van der Waals surface area contributed by atoms with Gasteiger partial charge in [0.2, 0.25) is 0 Å². The maximum absolute atomic E-state index is 10.3. The third-order valence-corrected chi connectivity index (χ3v) is 4.78. The van der Waals surface area contributed by atoms with Crippen LogP contribution in [0.15, 0.2) is 24.3 Å². The van der Waals surface area contributed by atoms with E-state index in [1.54, 1.807) is 0 Å². The molecule has 1 N–H and O–H groups in total. The summed E-state index contributed by atoms with van der Waals surface area (Å²) in [5.41, 5.74) is 2.63. The molecule has 0 aliphatic carbocycles. The Morgan fingerprint density at radius 3 is 2.30 bits per heavy atom. The number of nitrogens with zero attached hydrogens (tertiary/aromatic N) is 3. The van der Waals surface area contributed by atoms with Gasteiger partial charge in [0, 0.05) is 58.0 Å². The molecule has 0 bridgehead atoms. The number of aliphatic hydroxyl groups excluding tert-OH is 1. The Morgan fingerprint density at radius 1 is 1.00 bits per heavy atom. The zero-order valence-electron chi connectivity index (χ0n) is 14.2. The van der Waals surface area contributed by atoms with E-state index in [9.17, 15) is 5.11 Å². The lowest BCUT2D eigenvalue weighted by molar-refractivity contribution is 0.00656. The zero-order valence-corrected chi connectivity index (χ0v) is 14.2. The van der Waals surface area contributed by atoms with Crippen LogP contribution in [-0.2, 0) is 4.74 Å². The molecule has 0 aromatic heterocycles. The van der Waals surface area contributed by atoms with Crippen molar-refractivity contribution in [3.8, 4) is 0 Å². The first-order chi connectivity index (χ1) is 11.2. The van der Waals surface area contributed by atoms with Gasteiger partial charge in [-0.25, -0.2) is 0 Å². The van der Waals surface area contributed by atoms with Gasteiger partial charge in [-0.1, -0.05) is 12.1 Å². The SMILES string of the molecule is Cc1cccc(N2CCN(CC(O)CN3CCOCC3)CC2)c1. The molecule has 0 radical (unpaired) electrons. The van der Waals surface area contributed by atoms with Gasteiger partial charge in [-0.3, -0.25) is 9.80 Å². The summed E-state index contributed by atoms with van der Waals surface area (Å²) in [7, 11) is 0. The minimum Gasteiger partial charge on any atom is -0.390 e. The molecule has 0 saturated carbocycles. The topological polar surface area (TPSA) is 39.2 Å². The summed E-state index contributed by atoms with van der Waals surface area (Å²) in [6.45, 7) is 11.3. The van der Waals surface area contributed by atoms with Crippen LogP contribution in [0.3, 0.4) is 0 Å². The van der Waals surface area contributed by atoms with E-state index >= 15 is 0 Å². The number of piperazine rings is 1. The first-order valence-electron chi connectivity index (χ1n) is 8.73. The van der Waals surface area contributed by atoms with E-state index in [1.807, 2.05) is 0 Å². The quantitative estimate of drug-likeness (QED) is 0.870. The van der Waals surface area contributed by atoms with Crippen LogP contribution in [0.1, 0.15) is 5.56 Å². The lowest BCUT2D eigenvalue weighted by atomic mass is 10.2. The number of hydrogen-bond acceptors (Lipinski definition) is 5. The van der Waals surface area contributed by atoms with Crippen LogP contribution in [-0.4, -0.2) is 86.6 Å². The van der Waals surface area contributed by atoms with Gasteiger partial charge in [0.05, 0.1) is 19.3 Å². The fraction of sp³-hybridized carbons (Fsp3) is 0.667. The molecular weight excluding hydrogens is 290 g/mol. The highest BCUT2D eigenvalue weighted by Gasteiger charge is 2.21. The molecule has 3 rings (SSSR count). The summed E-state index contributed by atoms with van der Waals surface area (Å²) in [4.78, 5) is 7.13. The molecule has 0 amide bonds. The highest BCUT2D eigenvalue weighted by molar-refractivity contribution is 5.48. The first kappa shape index (κ1) is 16.7. The molecule has 128 valence electrons. The number of morpholine rings is 1. The lowest BCUT2D eigenvalue weighted by Crippen LogP contribution is -2.50. The second-order valence-corrected chi connectivity index (χ2v) is 6.69. The van der Waals surface area contributed by atoms with E-state index in [0.717, 1.165) is 65.6 Å². The van der Waals surface area contributed by atoms with Crippen molar-refractivity contribution in [2.75, 3.05) is 70.5 Å². The van der Waals surface area contributed by atoms with Gasteiger partial charge in [0.15, 0.2) is 0 Å². The Kier molecular flexibility index (Phi) is 5.89. The van der Waals surface area contributed by atoms with Crippen molar-refractivity contribution in [2.24, 2.45) is 0 Å². The van der Waals surface area contributed by atoms with E-state index in [0.29, 0.717) is 0 Å². The lowest BCUT2D eigenvalue weighted by Gasteiger charge is -2.37.